The van der Waals surface area contributed by atoms with Crippen LogP contribution in [0.3, 0.4) is 0 Å². The van der Waals surface area contributed by atoms with Gasteiger partial charge in [-0.2, -0.15) is 0 Å². The van der Waals surface area contributed by atoms with Crippen LogP contribution in [0, 0.1) is 0 Å². The summed E-state index contributed by atoms with van der Waals surface area (Å²) in [7, 11) is 0. The summed E-state index contributed by atoms with van der Waals surface area (Å²) in [6, 6.07) is 9.25. The topological polar surface area (TPSA) is 90.0 Å². The molecule has 0 unspecified atom stereocenters. The van der Waals surface area contributed by atoms with Gasteiger partial charge >= 0.3 is 0 Å². The zero-order chi connectivity index (χ0) is 17.1. The van der Waals surface area contributed by atoms with Crippen molar-refractivity contribution in [2.24, 2.45) is 0 Å². The number of amides is 1. The number of pyridine rings is 2. The monoisotopic (exact) mass is 333 g/mol. The highest BCUT2D eigenvalue weighted by molar-refractivity contribution is 5.93. The third-order valence-corrected chi connectivity index (χ3v) is 3.80. The van der Waals surface area contributed by atoms with Crippen LogP contribution in [0.15, 0.2) is 61.4 Å². The minimum atomic E-state index is -0.168. The van der Waals surface area contributed by atoms with Gasteiger partial charge in [0.15, 0.2) is 5.65 Å². The van der Waals surface area contributed by atoms with E-state index in [1.165, 1.54) is 0 Å². The van der Waals surface area contributed by atoms with Gasteiger partial charge in [-0.3, -0.25) is 13.8 Å². The molecule has 8 heteroatoms. The molecule has 0 radical (unpaired) electrons. The van der Waals surface area contributed by atoms with E-state index in [9.17, 15) is 4.79 Å². The molecule has 0 atom stereocenters. The number of aromatic nitrogens is 6. The molecule has 0 aliphatic heterocycles. The summed E-state index contributed by atoms with van der Waals surface area (Å²) in [4.78, 5) is 20.5. The first-order valence-electron chi connectivity index (χ1n) is 7.82. The third-order valence-electron chi connectivity index (χ3n) is 3.80. The lowest BCUT2D eigenvalue weighted by atomic mass is 10.2. The van der Waals surface area contributed by atoms with Gasteiger partial charge in [0.1, 0.15) is 18.0 Å². The van der Waals surface area contributed by atoms with Gasteiger partial charge in [-0.25, -0.2) is 9.97 Å². The summed E-state index contributed by atoms with van der Waals surface area (Å²) in [6.45, 7) is 0.470. The summed E-state index contributed by atoms with van der Waals surface area (Å²) in [5, 5.41) is 11.1. The second-order valence-electron chi connectivity index (χ2n) is 5.43. The summed E-state index contributed by atoms with van der Waals surface area (Å²) >= 11 is 0. The van der Waals surface area contributed by atoms with Gasteiger partial charge in [0, 0.05) is 37.8 Å². The predicted molar refractivity (Wildman–Crippen MR) is 90.4 cm³/mol. The van der Waals surface area contributed by atoms with Crippen LogP contribution >= 0.6 is 0 Å². The molecule has 0 spiro atoms. The molecule has 4 aromatic rings. The van der Waals surface area contributed by atoms with Crippen LogP contribution in [-0.2, 0) is 6.42 Å². The molecule has 0 saturated carbocycles. The summed E-state index contributed by atoms with van der Waals surface area (Å²) < 4.78 is 3.69. The normalized spacial score (nSPS) is 10.9. The predicted octanol–water partition coefficient (Wildman–Crippen LogP) is 1.28. The van der Waals surface area contributed by atoms with Crippen LogP contribution in [0.1, 0.15) is 16.2 Å². The van der Waals surface area contributed by atoms with Gasteiger partial charge in [-0.05, 0) is 24.3 Å². The Morgan fingerprint density at radius 2 is 2.08 bits per heavy atom. The fourth-order valence-electron chi connectivity index (χ4n) is 2.52. The van der Waals surface area contributed by atoms with Crippen molar-refractivity contribution < 1.29 is 4.79 Å². The van der Waals surface area contributed by atoms with Gasteiger partial charge in [-0.1, -0.05) is 6.07 Å². The maximum Gasteiger partial charge on any atom is 0.252 e. The Kier molecular flexibility index (Phi) is 3.91. The van der Waals surface area contributed by atoms with Crippen molar-refractivity contribution in [3.8, 4) is 5.82 Å². The average molecular weight is 333 g/mol. The average Bonchev–Trinajstić information content (AvgIpc) is 3.32. The molecule has 0 aromatic carbocycles. The molecule has 4 heterocycles. The quantitative estimate of drug-likeness (QED) is 0.594. The number of nitrogens with zero attached hydrogens (tertiary/aromatic N) is 6. The van der Waals surface area contributed by atoms with E-state index in [-0.39, 0.29) is 5.91 Å². The molecule has 124 valence electrons. The number of imidazole rings is 1. The zero-order valence-corrected chi connectivity index (χ0v) is 13.3. The molecule has 4 rings (SSSR count). The second-order valence-corrected chi connectivity index (χ2v) is 5.43. The van der Waals surface area contributed by atoms with Crippen molar-refractivity contribution in [1.82, 2.24) is 34.4 Å². The smallest absolute Gasteiger partial charge is 0.252 e. The highest BCUT2D eigenvalue weighted by Crippen LogP contribution is 2.06. The zero-order valence-electron chi connectivity index (χ0n) is 13.3. The number of hydrogen-bond acceptors (Lipinski definition) is 5. The van der Waals surface area contributed by atoms with E-state index < -0.39 is 0 Å². The lowest BCUT2D eigenvalue weighted by molar-refractivity contribution is 0.0953. The largest absolute Gasteiger partial charge is 0.352 e. The molecule has 1 amide bonds. The van der Waals surface area contributed by atoms with E-state index in [0.29, 0.717) is 24.3 Å². The lowest BCUT2D eigenvalue weighted by Crippen LogP contribution is -2.26. The van der Waals surface area contributed by atoms with Crippen LogP contribution in [0.2, 0.25) is 0 Å². The molecule has 0 bridgehead atoms. The Morgan fingerprint density at radius 1 is 1.12 bits per heavy atom. The van der Waals surface area contributed by atoms with Crippen molar-refractivity contribution in [3.05, 3.63) is 72.8 Å². The third kappa shape index (κ3) is 3.09. The molecule has 4 aromatic heterocycles. The first-order chi connectivity index (χ1) is 12.3. The summed E-state index contributed by atoms with van der Waals surface area (Å²) in [6.07, 6.45) is 9.19. The minimum Gasteiger partial charge on any atom is -0.352 e. The van der Waals surface area contributed by atoms with Gasteiger partial charge < -0.3 is 5.32 Å². The van der Waals surface area contributed by atoms with E-state index in [1.54, 1.807) is 41.6 Å². The molecule has 0 aliphatic carbocycles. The Balaban J connectivity index is 1.37. The van der Waals surface area contributed by atoms with Gasteiger partial charge in [0.25, 0.3) is 5.91 Å². The van der Waals surface area contributed by atoms with E-state index >= 15 is 0 Å². The molecule has 0 aliphatic rings. The van der Waals surface area contributed by atoms with E-state index in [0.717, 1.165) is 11.5 Å². The maximum atomic E-state index is 12.2. The Bertz CT molecular complexity index is 989. The van der Waals surface area contributed by atoms with Crippen molar-refractivity contribution >= 4 is 11.6 Å². The van der Waals surface area contributed by atoms with Crippen molar-refractivity contribution in [3.63, 3.8) is 0 Å². The van der Waals surface area contributed by atoms with E-state index in [4.69, 9.17) is 0 Å². The number of fused-ring (bicyclic) bond motifs is 1. The highest BCUT2D eigenvalue weighted by atomic mass is 16.1. The fraction of sp³-hybridized carbons (Fsp3) is 0.118. The molecule has 25 heavy (non-hydrogen) atoms. The summed E-state index contributed by atoms with van der Waals surface area (Å²) in [5.41, 5.74) is 1.30. The van der Waals surface area contributed by atoms with Crippen LogP contribution in [0.25, 0.3) is 11.5 Å². The number of hydrogen-bond donors (Lipinski definition) is 1. The van der Waals surface area contributed by atoms with Crippen LogP contribution in [0.5, 0.6) is 0 Å². The van der Waals surface area contributed by atoms with Gasteiger partial charge in [-0.15, -0.1) is 10.2 Å². The van der Waals surface area contributed by atoms with E-state index in [1.807, 2.05) is 28.8 Å². The Labute approximate surface area is 143 Å². The molecular weight excluding hydrogens is 318 g/mol. The first-order valence-corrected chi connectivity index (χ1v) is 7.82. The van der Waals surface area contributed by atoms with Crippen LogP contribution in [-0.4, -0.2) is 41.6 Å². The second kappa shape index (κ2) is 6.52. The number of carbonyl (C=O) groups excluding carboxylic acids is 1. The maximum absolute atomic E-state index is 12.2. The van der Waals surface area contributed by atoms with Crippen molar-refractivity contribution in [1.29, 1.82) is 0 Å². The Hall–Kier alpha value is -3.55. The molecular formula is C17H15N7O. The SMILES string of the molecule is O=C(NCCc1nnc2ccccn12)c1ccc(-n2ccnc2)nc1. The first kappa shape index (κ1) is 15.0. The number of rotatable bonds is 5. The molecule has 0 fully saturated rings. The van der Waals surface area contributed by atoms with Crippen LogP contribution < -0.4 is 5.32 Å². The highest BCUT2D eigenvalue weighted by Gasteiger charge is 2.08. The van der Waals surface area contributed by atoms with Crippen molar-refractivity contribution in [2.75, 3.05) is 6.54 Å². The van der Waals surface area contributed by atoms with Gasteiger partial charge in [0.05, 0.1) is 5.56 Å². The van der Waals surface area contributed by atoms with Crippen molar-refractivity contribution in [2.45, 2.75) is 6.42 Å². The van der Waals surface area contributed by atoms with Crippen LogP contribution in [0.4, 0.5) is 0 Å². The molecule has 8 nitrogen and oxygen atoms in total. The minimum absolute atomic E-state index is 0.168. The molecule has 1 N–H and O–H groups in total. The number of carbonyl (C=O) groups is 1. The summed E-state index contributed by atoms with van der Waals surface area (Å²) in [5.74, 6) is 1.35. The van der Waals surface area contributed by atoms with Gasteiger partial charge in [0.2, 0.25) is 0 Å². The standard InChI is InChI=1S/C17H15N7O/c25-17(13-4-5-14(20-11-13)23-10-8-18-12-23)19-7-6-16-22-21-15-3-1-2-9-24(15)16/h1-5,8-12H,6-7H2,(H,19,25). The van der Waals surface area contributed by atoms with E-state index in [2.05, 4.69) is 25.5 Å². The molecule has 0 saturated heterocycles. The Morgan fingerprint density at radius 3 is 2.88 bits per heavy atom. The lowest BCUT2D eigenvalue weighted by Gasteiger charge is -2.06. The fourth-order valence-corrected chi connectivity index (χ4v) is 2.52. The number of nitrogens with one attached hydrogen (secondary N) is 1.